The van der Waals surface area contributed by atoms with Crippen LogP contribution < -0.4 is 5.32 Å². The summed E-state index contributed by atoms with van der Waals surface area (Å²) in [5.41, 5.74) is 0.640. The SMILES string of the molecule is CCC(C)C(O)CNC(=O)c1cccn1C(C)C. The molecule has 4 heteroatoms. The molecule has 1 rings (SSSR count). The van der Waals surface area contributed by atoms with Gasteiger partial charge in [0.05, 0.1) is 6.10 Å². The van der Waals surface area contributed by atoms with Gasteiger partial charge in [0.2, 0.25) is 0 Å². The highest BCUT2D eigenvalue weighted by molar-refractivity contribution is 5.92. The van der Waals surface area contributed by atoms with E-state index in [9.17, 15) is 9.90 Å². The largest absolute Gasteiger partial charge is 0.391 e. The molecular formula is C14H24N2O2. The van der Waals surface area contributed by atoms with E-state index in [1.54, 1.807) is 6.07 Å². The lowest BCUT2D eigenvalue weighted by Crippen LogP contribution is -2.36. The Morgan fingerprint density at radius 2 is 2.11 bits per heavy atom. The first-order chi connectivity index (χ1) is 8.47. The van der Waals surface area contributed by atoms with Crippen LogP contribution >= 0.6 is 0 Å². The van der Waals surface area contributed by atoms with Gasteiger partial charge in [-0.1, -0.05) is 20.3 Å². The summed E-state index contributed by atoms with van der Waals surface area (Å²) in [5, 5.41) is 12.6. The van der Waals surface area contributed by atoms with Gasteiger partial charge in [-0.2, -0.15) is 0 Å². The summed E-state index contributed by atoms with van der Waals surface area (Å²) < 4.78 is 1.92. The molecule has 0 aliphatic rings. The van der Waals surface area contributed by atoms with Crippen molar-refractivity contribution in [3.05, 3.63) is 24.0 Å². The van der Waals surface area contributed by atoms with Crippen molar-refractivity contribution in [1.29, 1.82) is 0 Å². The van der Waals surface area contributed by atoms with Crippen LogP contribution in [0.1, 0.15) is 50.6 Å². The summed E-state index contributed by atoms with van der Waals surface area (Å²) in [6, 6.07) is 3.91. The predicted octanol–water partition coefficient (Wildman–Crippen LogP) is 2.21. The van der Waals surface area contributed by atoms with Crippen molar-refractivity contribution in [3.63, 3.8) is 0 Å². The van der Waals surface area contributed by atoms with E-state index < -0.39 is 6.10 Å². The number of nitrogens with zero attached hydrogens (tertiary/aromatic N) is 1. The van der Waals surface area contributed by atoms with Crippen LogP contribution in [0, 0.1) is 5.92 Å². The van der Waals surface area contributed by atoms with E-state index in [1.807, 2.05) is 44.5 Å². The zero-order chi connectivity index (χ0) is 13.7. The molecule has 0 aromatic carbocycles. The highest BCUT2D eigenvalue weighted by atomic mass is 16.3. The van der Waals surface area contributed by atoms with Crippen molar-refractivity contribution in [1.82, 2.24) is 9.88 Å². The summed E-state index contributed by atoms with van der Waals surface area (Å²) in [7, 11) is 0. The van der Waals surface area contributed by atoms with E-state index in [1.165, 1.54) is 0 Å². The molecule has 1 amide bonds. The van der Waals surface area contributed by atoms with Gasteiger partial charge in [0.1, 0.15) is 5.69 Å². The number of hydrogen-bond acceptors (Lipinski definition) is 2. The molecule has 0 spiro atoms. The first-order valence-electron chi connectivity index (χ1n) is 6.60. The van der Waals surface area contributed by atoms with Gasteiger partial charge < -0.3 is 15.0 Å². The molecule has 102 valence electrons. The molecule has 2 unspecified atom stereocenters. The van der Waals surface area contributed by atoms with Gasteiger partial charge >= 0.3 is 0 Å². The molecule has 1 heterocycles. The summed E-state index contributed by atoms with van der Waals surface area (Å²) in [6.07, 6.45) is 2.31. The monoisotopic (exact) mass is 252 g/mol. The third-order valence-corrected chi connectivity index (χ3v) is 3.34. The second-order valence-corrected chi connectivity index (χ2v) is 5.06. The smallest absolute Gasteiger partial charge is 0.268 e. The van der Waals surface area contributed by atoms with Crippen LogP contribution in [0.15, 0.2) is 18.3 Å². The zero-order valence-corrected chi connectivity index (χ0v) is 11.7. The van der Waals surface area contributed by atoms with E-state index >= 15 is 0 Å². The Labute approximate surface area is 109 Å². The average Bonchev–Trinajstić information content (AvgIpc) is 2.83. The summed E-state index contributed by atoms with van der Waals surface area (Å²) in [6.45, 7) is 8.37. The number of nitrogens with one attached hydrogen (secondary N) is 1. The van der Waals surface area contributed by atoms with Crippen LogP contribution in [0.25, 0.3) is 0 Å². The molecule has 0 aliphatic heterocycles. The number of carbonyl (C=O) groups excluding carboxylic acids is 1. The molecule has 18 heavy (non-hydrogen) atoms. The van der Waals surface area contributed by atoms with Crippen molar-refractivity contribution in [2.75, 3.05) is 6.54 Å². The first-order valence-corrected chi connectivity index (χ1v) is 6.60. The van der Waals surface area contributed by atoms with Gasteiger partial charge in [0, 0.05) is 18.8 Å². The van der Waals surface area contributed by atoms with Crippen LogP contribution in [0.4, 0.5) is 0 Å². The van der Waals surface area contributed by atoms with Crippen molar-refractivity contribution >= 4 is 5.91 Å². The van der Waals surface area contributed by atoms with Crippen LogP contribution in [0.5, 0.6) is 0 Å². The predicted molar refractivity (Wildman–Crippen MR) is 72.6 cm³/mol. The van der Waals surface area contributed by atoms with Gasteiger partial charge in [-0.15, -0.1) is 0 Å². The fourth-order valence-electron chi connectivity index (χ4n) is 1.80. The van der Waals surface area contributed by atoms with Crippen molar-refractivity contribution in [2.45, 2.75) is 46.3 Å². The topological polar surface area (TPSA) is 54.3 Å². The fourth-order valence-corrected chi connectivity index (χ4v) is 1.80. The van der Waals surface area contributed by atoms with Crippen LogP contribution in [0.2, 0.25) is 0 Å². The van der Waals surface area contributed by atoms with Crippen molar-refractivity contribution < 1.29 is 9.90 Å². The average molecular weight is 252 g/mol. The number of amides is 1. The Morgan fingerprint density at radius 1 is 1.44 bits per heavy atom. The number of hydrogen-bond donors (Lipinski definition) is 2. The Hall–Kier alpha value is -1.29. The molecule has 0 saturated carbocycles. The normalized spacial score (nSPS) is 14.6. The molecule has 4 nitrogen and oxygen atoms in total. The minimum Gasteiger partial charge on any atom is -0.391 e. The maximum absolute atomic E-state index is 12.0. The summed E-state index contributed by atoms with van der Waals surface area (Å²) in [5.74, 6) is 0.0678. The Balaban J connectivity index is 2.58. The third kappa shape index (κ3) is 3.60. The molecular weight excluding hydrogens is 228 g/mol. The molecule has 0 aliphatic carbocycles. The Morgan fingerprint density at radius 3 is 2.67 bits per heavy atom. The van der Waals surface area contributed by atoms with E-state index in [4.69, 9.17) is 0 Å². The standard InChI is InChI=1S/C14H24N2O2/c1-5-11(4)13(17)9-15-14(18)12-7-6-8-16(12)10(2)3/h6-8,10-11,13,17H,5,9H2,1-4H3,(H,15,18). The van der Waals surface area contributed by atoms with Crippen LogP contribution in [0.3, 0.4) is 0 Å². The second-order valence-electron chi connectivity index (χ2n) is 5.06. The molecule has 0 radical (unpaired) electrons. The second kappa shape index (κ2) is 6.59. The molecule has 0 saturated heterocycles. The van der Waals surface area contributed by atoms with E-state index in [0.29, 0.717) is 12.2 Å². The highest BCUT2D eigenvalue weighted by Crippen LogP contribution is 2.11. The van der Waals surface area contributed by atoms with Crippen molar-refractivity contribution in [2.24, 2.45) is 5.92 Å². The minimum absolute atomic E-state index is 0.129. The number of carbonyl (C=O) groups is 1. The number of aromatic nitrogens is 1. The quantitative estimate of drug-likeness (QED) is 0.815. The molecule has 2 N–H and O–H groups in total. The van der Waals surface area contributed by atoms with Crippen molar-refractivity contribution in [3.8, 4) is 0 Å². The van der Waals surface area contributed by atoms with Gasteiger partial charge in [0.15, 0.2) is 0 Å². The lowest BCUT2D eigenvalue weighted by molar-refractivity contribution is 0.0841. The van der Waals surface area contributed by atoms with E-state index in [2.05, 4.69) is 5.32 Å². The fraction of sp³-hybridized carbons (Fsp3) is 0.643. The number of aliphatic hydroxyl groups excluding tert-OH is 1. The van der Waals surface area contributed by atoms with Gasteiger partial charge in [0.25, 0.3) is 5.91 Å². The zero-order valence-electron chi connectivity index (χ0n) is 11.7. The van der Waals surface area contributed by atoms with Gasteiger partial charge in [-0.25, -0.2) is 0 Å². The van der Waals surface area contributed by atoms with Gasteiger partial charge in [-0.3, -0.25) is 4.79 Å². The van der Waals surface area contributed by atoms with E-state index in [-0.39, 0.29) is 17.9 Å². The Bertz CT molecular complexity index is 385. The maximum Gasteiger partial charge on any atom is 0.268 e. The maximum atomic E-state index is 12.0. The molecule has 0 bridgehead atoms. The molecule has 2 atom stereocenters. The minimum atomic E-state index is -0.485. The van der Waals surface area contributed by atoms with Gasteiger partial charge in [-0.05, 0) is 31.9 Å². The molecule has 1 aromatic heterocycles. The number of rotatable bonds is 6. The van der Waals surface area contributed by atoms with Crippen LogP contribution in [-0.4, -0.2) is 28.2 Å². The lowest BCUT2D eigenvalue weighted by atomic mass is 10.0. The molecule has 0 fully saturated rings. The van der Waals surface area contributed by atoms with E-state index in [0.717, 1.165) is 6.42 Å². The summed E-state index contributed by atoms with van der Waals surface area (Å²) in [4.78, 5) is 12.0. The Kier molecular flexibility index (Phi) is 5.41. The van der Waals surface area contributed by atoms with Crippen LogP contribution in [-0.2, 0) is 0 Å². The third-order valence-electron chi connectivity index (χ3n) is 3.34. The first kappa shape index (κ1) is 14.8. The molecule has 1 aromatic rings. The highest BCUT2D eigenvalue weighted by Gasteiger charge is 2.16. The summed E-state index contributed by atoms with van der Waals surface area (Å²) >= 11 is 0. The lowest BCUT2D eigenvalue weighted by Gasteiger charge is -2.18. The number of aliphatic hydroxyl groups is 1.